The summed E-state index contributed by atoms with van der Waals surface area (Å²) in [5, 5.41) is 12.9. The van der Waals surface area contributed by atoms with Gasteiger partial charge in [0.25, 0.3) is 0 Å². The fraction of sp³-hybridized carbons (Fsp3) is 0.650. The Hall–Kier alpha value is -1.43. The van der Waals surface area contributed by atoms with Crippen molar-refractivity contribution in [1.82, 2.24) is 15.1 Å². The monoisotopic (exact) mass is 345 g/mol. The van der Waals surface area contributed by atoms with Gasteiger partial charge in [0.05, 0.1) is 12.6 Å². The third-order valence-electron chi connectivity index (χ3n) is 5.54. The maximum absolute atomic E-state index is 12.6. The third-order valence-corrected chi connectivity index (χ3v) is 5.54. The Morgan fingerprint density at radius 2 is 1.96 bits per heavy atom. The van der Waals surface area contributed by atoms with Gasteiger partial charge in [0, 0.05) is 19.1 Å². The first-order chi connectivity index (χ1) is 12.1. The number of hydrogen-bond acceptors (Lipinski definition) is 4. The lowest BCUT2D eigenvalue weighted by atomic mass is 9.75. The molecule has 2 N–H and O–H groups in total. The Morgan fingerprint density at radius 1 is 1.20 bits per heavy atom. The van der Waals surface area contributed by atoms with Gasteiger partial charge in [0.15, 0.2) is 0 Å². The van der Waals surface area contributed by atoms with Gasteiger partial charge in [-0.15, -0.1) is 0 Å². The largest absolute Gasteiger partial charge is 0.393 e. The molecule has 0 bridgehead atoms. The standard InChI is InChI=1S/C20H31N3O2/c1-22-8-5-9-23(11-10-22)15-20(25)21-19(17-13-18(24)14-17)12-16-6-3-2-4-7-16/h2-4,6-7,17-19,24H,5,8-15H2,1H3,(H,21,25)/t17?,18?,19-/m0/s1. The molecule has 2 fully saturated rings. The molecule has 1 aromatic rings. The van der Waals surface area contributed by atoms with E-state index in [1.165, 1.54) is 5.56 Å². The first kappa shape index (κ1) is 18.4. The molecule has 2 aliphatic rings. The number of likely N-dealkylation sites (N-methyl/N-ethyl adjacent to an activating group) is 1. The number of carbonyl (C=O) groups excluding carboxylic acids is 1. The molecule has 0 unspecified atom stereocenters. The van der Waals surface area contributed by atoms with Crippen molar-refractivity contribution >= 4 is 5.91 Å². The quantitative estimate of drug-likeness (QED) is 0.811. The van der Waals surface area contributed by atoms with Gasteiger partial charge in [-0.2, -0.15) is 0 Å². The molecule has 1 saturated heterocycles. The van der Waals surface area contributed by atoms with Crippen LogP contribution < -0.4 is 5.32 Å². The Kier molecular flexibility index (Phi) is 6.45. The van der Waals surface area contributed by atoms with E-state index in [2.05, 4.69) is 34.3 Å². The van der Waals surface area contributed by atoms with Gasteiger partial charge in [-0.25, -0.2) is 0 Å². The van der Waals surface area contributed by atoms with Crippen LogP contribution in [0.5, 0.6) is 0 Å². The molecule has 1 aliphatic heterocycles. The van der Waals surface area contributed by atoms with Crippen molar-refractivity contribution in [3.05, 3.63) is 35.9 Å². The molecule has 138 valence electrons. The fourth-order valence-electron chi connectivity index (χ4n) is 3.88. The van der Waals surface area contributed by atoms with Crippen molar-refractivity contribution in [2.45, 2.75) is 37.8 Å². The molecule has 0 aromatic heterocycles. The molecule has 3 rings (SSSR count). The molecule has 0 radical (unpaired) electrons. The van der Waals surface area contributed by atoms with Crippen LogP contribution in [0.2, 0.25) is 0 Å². The Morgan fingerprint density at radius 3 is 2.68 bits per heavy atom. The SMILES string of the molecule is CN1CCCN(CC(=O)N[C@@H](Cc2ccccc2)C2CC(O)C2)CC1. The minimum Gasteiger partial charge on any atom is -0.393 e. The molecular formula is C20H31N3O2. The van der Waals surface area contributed by atoms with Gasteiger partial charge < -0.3 is 15.3 Å². The lowest BCUT2D eigenvalue weighted by molar-refractivity contribution is -0.124. The maximum atomic E-state index is 12.6. The molecule has 1 aromatic carbocycles. The lowest BCUT2D eigenvalue weighted by Gasteiger charge is -2.38. The van der Waals surface area contributed by atoms with Gasteiger partial charge in [0.1, 0.15) is 0 Å². The van der Waals surface area contributed by atoms with E-state index in [1.807, 2.05) is 18.2 Å². The van der Waals surface area contributed by atoms with E-state index in [4.69, 9.17) is 0 Å². The fourth-order valence-corrected chi connectivity index (χ4v) is 3.88. The van der Waals surface area contributed by atoms with Crippen LogP contribution in [0, 0.1) is 5.92 Å². The molecule has 1 heterocycles. The molecule has 1 aliphatic carbocycles. The molecule has 5 heteroatoms. The summed E-state index contributed by atoms with van der Waals surface area (Å²) in [6, 6.07) is 10.4. The van der Waals surface area contributed by atoms with E-state index in [1.54, 1.807) is 0 Å². The van der Waals surface area contributed by atoms with Crippen LogP contribution in [0.25, 0.3) is 0 Å². The number of nitrogens with zero attached hydrogens (tertiary/aromatic N) is 2. The van der Waals surface area contributed by atoms with Gasteiger partial charge in [-0.05, 0) is 57.3 Å². The lowest BCUT2D eigenvalue weighted by Crippen LogP contribution is -2.50. The summed E-state index contributed by atoms with van der Waals surface area (Å²) in [4.78, 5) is 17.2. The molecule has 5 nitrogen and oxygen atoms in total. The summed E-state index contributed by atoms with van der Waals surface area (Å²) in [6.45, 7) is 4.55. The number of benzene rings is 1. The predicted octanol–water partition coefficient (Wildman–Crippen LogP) is 1.12. The van der Waals surface area contributed by atoms with Crippen LogP contribution >= 0.6 is 0 Å². The highest BCUT2D eigenvalue weighted by Crippen LogP contribution is 2.31. The van der Waals surface area contributed by atoms with Crippen molar-refractivity contribution in [1.29, 1.82) is 0 Å². The number of aliphatic hydroxyl groups is 1. The molecule has 25 heavy (non-hydrogen) atoms. The van der Waals surface area contributed by atoms with Crippen LogP contribution in [-0.4, -0.2) is 72.7 Å². The van der Waals surface area contributed by atoms with E-state index < -0.39 is 0 Å². The van der Waals surface area contributed by atoms with Gasteiger partial charge >= 0.3 is 0 Å². The number of rotatable bonds is 6. The van der Waals surface area contributed by atoms with Crippen molar-refractivity contribution in [3.8, 4) is 0 Å². The smallest absolute Gasteiger partial charge is 0.234 e. The zero-order valence-corrected chi connectivity index (χ0v) is 15.2. The van der Waals surface area contributed by atoms with Crippen LogP contribution in [0.1, 0.15) is 24.8 Å². The number of hydrogen-bond donors (Lipinski definition) is 2. The summed E-state index contributed by atoms with van der Waals surface area (Å²) >= 11 is 0. The Labute approximate surface area is 151 Å². The highest BCUT2D eigenvalue weighted by molar-refractivity contribution is 5.78. The van der Waals surface area contributed by atoms with E-state index in [-0.39, 0.29) is 18.1 Å². The number of carbonyl (C=O) groups is 1. The number of amides is 1. The van der Waals surface area contributed by atoms with Crippen LogP contribution in [0.15, 0.2) is 30.3 Å². The second kappa shape index (κ2) is 8.79. The van der Waals surface area contributed by atoms with Crippen molar-refractivity contribution in [3.63, 3.8) is 0 Å². The second-order valence-corrected chi connectivity index (χ2v) is 7.68. The van der Waals surface area contributed by atoms with E-state index in [0.29, 0.717) is 12.5 Å². The van der Waals surface area contributed by atoms with E-state index in [9.17, 15) is 9.90 Å². The first-order valence-electron chi connectivity index (χ1n) is 9.52. The number of nitrogens with one attached hydrogen (secondary N) is 1. The molecule has 1 amide bonds. The molecular weight excluding hydrogens is 314 g/mol. The second-order valence-electron chi connectivity index (χ2n) is 7.68. The molecule has 1 saturated carbocycles. The van der Waals surface area contributed by atoms with Crippen molar-refractivity contribution in [2.24, 2.45) is 5.92 Å². The zero-order chi connectivity index (χ0) is 17.6. The average Bonchev–Trinajstić information content (AvgIpc) is 2.77. The third kappa shape index (κ3) is 5.53. The predicted molar refractivity (Wildman–Crippen MR) is 99.4 cm³/mol. The maximum Gasteiger partial charge on any atom is 0.234 e. The molecule has 0 spiro atoms. The zero-order valence-electron chi connectivity index (χ0n) is 15.2. The first-order valence-corrected chi connectivity index (χ1v) is 9.52. The van der Waals surface area contributed by atoms with E-state index >= 15 is 0 Å². The van der Waals surface area contributed by atoms with Gasteiger partial charge in [-0.3, -0.25) is 9.69 Å². The highest BCUT2D eigenvalue weighted by Gasteiger charge is 2.34. The summed E-state index contributed by atoms with van der Waals surface area (Å²) in [6.07, 6.45) is 3.36. The van der Waals surface area contributed by atoms with Crippen LogP contribution in [0.4, 0.5) is 0 Å². The minimum absolute atomic E-state index is 0.117. The number of aliphatic hydroxyl groups excluding tert-OH is 1. The topological polar surface area (TPSA) is 55.8 Å². The van der Waals surface area contributed by atoms with Crippen molar-refractivity contribution < 1.29 is 9.90 Å². The summed E-state index contributed by atoms with van der Waals surface area (Å²) in [5.74, 6) is 0.501. The normalized spacial score (nSPS) is 26.5. The van der Waals surface area contributed by atoms with Gasteiger partial charge in [-0.1, -0.05) is 30.3 Å². The Bertz CT molecular complexity index is 545. The molecule has 1 atom stereocenters. The minimum atomic E-state index is -0.193. The Balaban J connectivity index is 1.54. The highest BCUT2D eigenvalue weighted by atomic mass is 16.3. The van der Waals surface area contributed by atoms with Gasteiger partial charge in [0.2, 0.25) is 5.91 Å². The average molecular weight is 345 g/mol. The van der Waals surface area contributed by atoms with Crippen molar-refractivity contribution in [2.75, 3.05) is 39.8 Å². The van der Waals surface area contributed by atoms with E-state index in [0.717, 1.165) is 51.9 Å². The summed E-state index contributed by atoms with van der Waals surface area (Å²) < 4.78 is 0. The summed E-state index contributed by atoms with van der Waals surface area (Å²) in [5.41, 5.74) is 1.24. The van der Waals surface area contributed by atoms with Crippen LogP contribution in [-0.2, 0) is 11.2 Å². The van der Waals surface area contributed by atoms with Crippen LogP contribution in [0.3, 0.4) is 0 Å². The summed E-state index contributed by atoms with van der Waals surface area (Å²) in [7, 11) is 2.14.